The van der Waals surface area contributed by atoms with E-state index >= 15 is 0 Å². The van der Waals surface area contributed by atoms with Crippen molar-refractivity contribution in [1.82, 2.24) is 0 Å². The Morgan fingerprint density at radius 1 is 1.22 bits per heavy atom. The summed E-state index contributed by atoms with van der Waals surface area (Å²) in [6.07, 6.45) is 3.64. The number of carbonyl (C=O) groups is 1. The van der Waals surface area contributed by atoms with Crippen LogP contribution in [0.1, 0.15) is 79.5 Å². The highest BCUT2D eigenvalue weighted by molar-refractivity contribution is 6.03. The first-order valence-corrected chi connectivity index (χ1v) is 9.57. The van der Waals surface area contributed by atoms with Crippen LogP contribution in [0.25, 0.3) is 0 Å². The van der Waals surface area contributed by atoms with E-state index in [4.69, 9.17) is 5.26 Å². The van der Waals surface area contributed by atoms with Crippen LogP contribution in [0.3, 0.4) is 0 Å². The third-order valence-corrected chi connectivity index (χ3v) is 5.13. The van der Waals surface area contributed by atoms with Crippen LogP contribution in [0.5, 0.6) is 0 Å². The molecule has 2 aromatic rings. The number of benzene rings is 2. The van der Waals surface area contributed by atoms with Gasteiger partial charge in [0.05, 0.1) is 11.6 Å². The Hall–Kier alpha value is -2.73. The fourth-order valence-electron chi connectivity index (χ4n) is 3.31. The zero-order chi connectivity index (χ0) is 19.8. The second-order valence-electron chi connectivity index (χ2n) is 7.04. The number of Topliss-reactive ketones (excluding diaryl/α,β-unsaturated/α-hetero) is 1. The summed E-state index contributed by atoms with van der Waals surface area (Å²) in [5.74, 6) is 0.335. The van der Waals surface area contributed by atoms with Gasteiger partial charge in [0.15, 0.2) is 5.78 Å². The molecule has 0 aliphatic heterocycles. The van der Waals surface area contributed by atoms with Gasteiger partial charge in [-0.25, -0.2) is 0 Å². The monoisotopic (exact) mass is 362 g/mol. The molecule has 0 radical (unpaired) electrons. The SMILES string of the molecule is CCCC[C@H](CC(=O)c1ccc(C)c(C(C)=NC)c1)c1ccc(C#N)cc1.[HH]. The number of ketones is 1. The summed E-state index contributed by atoms with van der Waals surface area (Å²) in [5.41, 5.74) is 5.63. The van der Waals surface area contributed by atoms with Crippen LogP contribution in [0, 0.1) is 18.3 Å². The van der Waals surface area contributed by atoms with Gasteiger partial charge in [0.1, 0.15) is 0 Å². The van der Waals surface area contributed by atoms with Crippen LogP contribution in [0.2, 0.25) is 0 Å². The maximum Gasteiger partial charge on any atom is 0.163 e. The summed E-state index contributed by atoms with van der Waals surface area (Å²) in [7, 11) is 1.77. The first-order valence-electron chi connectivity index (χ1n) is 9.57. The number of carbonyl (C=O) groups excluding carboxylic acids is 1. The van der Waals surface area contributed by atoms with Gasteiger partial charge >= 0.3 is 0 Å². The molecular formula is C24H30N2O. The van der Waals surface area contributed by atoms with Gasteiger partial charge in [-0.2, -0.15) is 5.26 Å². The van der Waals surface area contributed by atoms with Crippen LogP contribution in [-0.2, 0) is 0 Å². The van der Waals surface area contributed by atoms with Crippen molar-refractivity contribution in [2.45, 2.75) is 52.4 Å². The van der Waals surface area contributed by atoms with Crippen molar-refractivity contribution < 1.29 is 6.22 Å². The van der Waals surface area contributed by atoms with E-state index in [0.29, 0.717) is 12.0 Å². The summed E-state index contributed by atoms with van der Waals surface area (Å²) in [6.45, 7) is 6.17. The number of nitrogens with zero attached hydrogens (tertiary/aromatic N) is 2. The number of hydrogen-bond acceptors (Lipinski definition) is 3. The van der Waals surface area contributed by atoms with Crippen molar-refractivity contribution >= 4 is 11.5 Å². The van der Waals surface area contributed by atoms with E-state index in [2.05, 4.69) is 18.0 Å². The highest BCUT2D eigenvalue weighted by atomic mass is 16.1. The Morgan fingerprint density at radius 2 is 1.93 bits per heavy atom. The van der Waals surface area contributed by atoms with Crippen molar-refractivity contribution in [2.75, 3.05) is 7.05 Å². The van der Waals surface area contributed by atoms with Crippen LogP contribution < -0.4 is 0 Å². The molecule has 0 amide bonds. The number of unbranched alkanes of at least 4 members (excludes halogenated alkanes) is 1. The molecule has 0 saturated heterocycles. The highest BCUT2D eigenvalue weighted by Gasteiger charge is 2.18. The Balaban J connectivity index is 0.00000392. The van der Waals surface area contributed by atoms with E-state index in [1.807, 2.05) is 56.3 Å². The summed E-state index contributed by atoms with van der Waals surface area (Å²) >= 11 is 0. The van der Waals surface area contributed by atoms with Gasteiger partial charge in [-0.1, -0.05) is 44.0 Å². The average molecular weight is 363 g/mol. The predicted molar refractivity (Wildman–Crippen MR) is 114 cm³/mol. The van der Waals surface area contributed by atoms with E-state index in [-0.39, 0.29) is 13.1 Å². The number of hydrogen-bond donors (Lipinski definition) is 0. The van der Waals surface area contributed by atoms with Gasteiger partial charge in [-0.05, 0) is 61.1 Å². The first kappa shape index (κ1) is 20.6. The summed E-state index contributed by atoms with van der Waals surface area (Å²) in [4.78, 5) is 17.3. The molecule has 3 heteroatoms. The van der Waals surface area contributed by atoms with Gasteiger partial charge in [-0.15, -0.1) is 0 Å². The number of nitriles is 1. The predicted octanol–water partition coefficient (Wildman–Crippen LogP) is 6.10. The van der Waals surface area contributed by atoms with Gasteiger partial charge < -0.3 is 0 Å². The lowest BCUT2D eigenvalue weighted by molar-refractivity contribution is 0.0972. The fraction of sp³-hybridized carbons (Fsp3) is 0.375. The minimum Gasteiger partial charge on any atom is -0.294 e. The third kappa shape index (κ3) is 5.37. The molecule has 0 aromatic heterocycles. The lowest BCUT2D eigenvalue weighted by Crippen LogP contribution is -2.10. The van der Waals surface area contributed by atoms with Gasteiger partial charge in [0.2, 0.25) is 0 Å². The molecule has 27 heavy (non-hydrogen) atoms. The Bertz CT molecular complexity index is 863. The van der Waals surface area contributed by atoms with Gasteiger partial charge in [-0.3, -0.25) is 9.79 Å². The minimum atomic E-state index is 0. The minimum absolute atomic E-state index is 0. The molecule has 2 aromatic carbocycles. The second kappa shape index (κ2) is 9.83. The van der Waals surface area contributed by atoms with E-state index in [1.54, 1.807) is 7.05 Å². The topological polar surface area (TPSA) is 53.2 Å². The average Bonchev–Trinajstić information content (AvgIpc) is 2.70. The number of rotatable bonds is 8. The van der Waals surface area contributed by atoms with E-state index in [1.165, 1.54) is 0 Å². The molecule has 3 nitrogen and oxygen atoms in total. The zero-order valence-electron chi connectivity index (χ0n) is 16.7. The van der Waals surface area contributed by atoms with Crippen molar-refractivity contribution in [3.05, 3.63) is 70.3 Å². The molecule has 1 atom stereocenters. The molecule has 0 bridgehead atoms. The zero-order valence-corrected chi connectivity index (χ0v) is 16.7. The molecule has 0 saturated carbocycles. The second-order valence-corrected chi connectivity index (χ2v) is 7.04. The molecule has 0 fully saturated rings. The van der Waals surface area contributed by atoms with Crippen molar-refractivity contribution in [3.63, 3.8) is 0 Å². The molecule has 2 rings (SSSR count). The van der Waals surface area contributed by atoms with Crippen molar-refractivity contribution in [1.29, 1.82) is 5.26 Å². The normalized spacial score (nSPS) is 12.5. The molecule has 0 unspecified atom stereocenters. The summed E-state index contributed by atoms with van der Waals surface area (Å²) in [6, 6.07) is 15.7. The first-order chi connectivity index (χ1) is 13.0. The number of aryl methyl sites for hydroxylation is 1. The lowest BCUT2D eigenvalue weighted by atomic mass is 9.86. The molecule has 0 spiro atoms. The molecule has 0 heterocycles. The lowest BCUT2D eigenvalue weighted by Gasteiger charge is -2.17. The van der Waals surface area contributed by atoms with Gasteiger partial charge in [0.25, 0.3) is 0 Å². The van der Waals surface area contributed by atoms with Crippen LogP contribution >= 0.6 is 0 Å². The largest absolute Gasteiger partial charge is 0.294 e. The van der Waals surface area contributed by atoms with Crippen LogP contribution in [-0.4, -0.2) is 18.5 Å². The fourth-order valence-corrected chi connectivity index (χ4v) is 3.31. The smallest absolute Gasteiger partial charge is 0.163 e. The summed E-state index contributed by atoms with van der Waals surface area (Å²) in [5, 5.41) is 9.00. The third-order valence-electron chi connectivity index (χ3n) is 5.13. The summed E-state index contributed by atoms with van der Waals surface area (Å²) < 4.78 is 0. The van der Waals surface area contributed by atoms with E-state index in [0.717, 1.165) is 47.2 Å². The molecule has 142 valence electrons. The van der Waals surface area contributed by atoms with Crippen molar-refractivity contribution in [2.24, 2.45) is 4.99 Å². The van der Waals surface area contributed by atoms with Crippen LogP contribution in [0.4, 0.5) is 0 Å². The Kier molecular flexibility index (Phi) is 7.49. The van der Waals surface area contributed by atoms with E-state index in [9.17, 15) is 4.79 Å². The maximum atomic E-state index is 13.0. The molecule has 0 aliphatic carbocycles. The maximum absolute atomic E-state index is 13.0. The number of aliphatic imine (C=N–C) groups is 1. The van der Waals surface area contributed by atoms with Crippen LogP contribution in [0.15, 0.2) is 47.5 Å². The standard InChI is InChI=1S/C24H28N2O.H2/c1-5-6-7-21(20-12-9-19(16-25)10-13-20)15-24(27)22-11-8-17(2)23(14-22)18(3)26-4;/h8-14,21H,5-7,15H2,1-4H3;1H/t21-;/m1./s1. The quantitative estimate of drug-likeness (QED) is 0.421. The Morgan fingerprint density at radius 3 is 2.52 bits per heavy atom. The van der Waals surface area contributed by atoms with E-state index < -0.39 is 0 Å². The molecule has 0 N–H and O–H groups in total. The van der Waals surface area contributed by atoms with Crippen molar-refractivity contribution in [3.8, 4) is 6.07 Å². The Labute approximate surface area is 164 Å². The molecule has 0 aliphatic rings. The van der Waals surface area contributed by atoms with Gasteiger partial charge in [0, 0.05) is 26.2 Å². The highest BCUT2D eigenvalue weighted by Crippen LogP contribution is 2.28. The molecular weight excluding hydrogens is 332 g/mol.